The summed E-state index contributed by atoms with van der Waals surface area (Å²) < 4.78 is 1.94. The lowest BCUT2D eigenvalue weighted by Crippen LogP contribution is -2.43. The summed E-state index contributed by atoms with van der Waals surface area (Å²) in [6.07, 6.45) is 7.29. The summed E-state index contributed by atoms with van der Waals surface area (Å²) in [6.45, 7) is 1.98. The van der Waals surface area contributed by atoms with Crippen molar-refractivity contribution in [1.82, 2.24) is 20.2 Å². The van der Waals surface area contributed by atoms with E-state index in [1.165, 1.54) is 0 Å². The van der Waals surface area contributed by atoms with Crippen LogP contribution in [0.3, 0.4) is 0 Å². The maximum Gasteiger partial charge on any atom is 0.315 e. The van der Waals surface area contributed by atoms with Gasteiger partial charge in [0, 0.05) is 23.1 Å². The Balaban J connectivity index is 1.38. The number of imidazole rings is 1. The van der Waals surface area contributed by atoms with E-state index in [0.717, 1.165) is 29.7 Å². The molecule has 0 radical (unpaired) electrons. The van der Waals surface area contributed by atoms with Crippen LogP contribution in [-0.2, 0) is 5.54 Å². The molecule has 1 aliphatic carbocycles. The van der Waals surface area contributed by atoms with Gasteiger partial charge in [-0.1, -0.05) is 35.9 Å². The molecule has 2 N–H and O–H groups in total. The van der Waals surface area contributed by atoms with E-state index in [4.69, 9.17) is 11.6 Å². The summed E-state index contributed by atoms with van der Waals surface area (Å²) in [6, 6.07) is 15.5. The summed E-state index contributed by atoms with van der Waals surface area (Å²) in [5.41, 5.74) is 2.91. The van der Waals surface area contributed by atoms with Gasteiger partial charge in [-0.25, -0.2) is 9.78 Å². The number of nitrogens with zero attached hydrogens (tertiary/aromatic N) is 2. The van der Waals surface area contributed by atoms with E-state index in [1.807, 2.05) is 66.2 Å². The van der Waals surface area contributed by atoms with Crippen LogP contribution in [0.25, 0.3) is 5.69 Å². The lowest BCUT2D eigenvalue weighted by atomic mass is 10.1. The van der Waals surface area contributed by atoms with Crippen LogP contribution < -0.4 is 10.6 Å². The Kier molecular flexibility index (Phi) is 4.62. The van der Waals surface area contributed by atoms with Gasteiger partial charge in [0.1, 0.15) is 0 Å². The third-order valence-electron chi connectivity index (χ3n) is 5.04. The minimum atomic E-state index is -0.264. The molecule has 0 spiro atoms. The Bertz CT molecular complexity index is 916. The summed E-state index contributed by atoms with van der Waals surface area (Å²) >= 11 is 5.96. The molecular formula is C21H21ClN4O. The normalized spacial score (nSPS) is 15.8. The third kappa shape index (κ3) is 3.83. The Labute approximate surface area is 163 Å². The number of halogens is 1. The van der Waals surface area contributed by atoms with Crippen molar-refractivity contribution in [3.8, 4) is 5.69 Å². The Morgan fingerprint density at radius 3 is 2.44 bits per heavy atom. The van der Waals surface area contributed by atoms with Crippen LogP contribution in [0.5, 0.6) is 0 Å². The number of aromatic nitrogens is 2. The van der Waals surface area contributed by atoms with Crippen molar-refractivity contribution >= 4 is 17.6 Å². The molecule has 6 heteroatoms. The van der Waals surface area contributed by atoms with Gasteiger partial charge >= 0.3 is 6.03 Å². The maximum atomic E-state index is 12.5. The Morgan fingerprint density at radius 1 is 1.15 bits per heavy atom. The number of carbonyl (C=O) groups is 1. The van der Waals surface area contributed by atoms with Crippen LogP contribution in [0, 0.1) is 0 Å². The number of rotatable bonds is 5. The molecule has 0 saturated heterocycles. The summed E-state index contributed by atoms with van der Waals surface area (Å²) in [5.74, 6) is 0. The number of amides is 2. The lowest BCUT2D eigenvalue weighted by Gasteiger charge is -2.21. The molecule has 3 aromatic rings. The van der Waals surface area contributed by atoms with Gasteiger partial charge in [0.05, 0.1) is 17.9 Å². The van der Waals surface area contributed by atoms with E-state index < -0.39 is 0 Å². The molecule has 27 heavy (non-hydrogen) atoms. The number of carbonyl (C=O) groups excluding carboxylic acids is 1. The fraction of sp³-hybridized carbons (Fsp3) is 0.238. The van der Waals surface area contributed by atoms with E-state index in [9.17, 15) is 4.79 Å². The second kappa shape index (κ2) is 7.08. The highest BCUT2D eigenvalue weighted by Gasteiger charge is 2.45. The Hall–Kier alpha value is -2.79. The van der Waals surface area contributed by atoms with Crippen molar-refractivity contribution in [2.24, 2.45) is 0 Å². The van der Waals surface area contributed by atoms with E-state index >= 15 is 0 Å². The highest BCUT2D eigenvalue weighted by Crippen LogP contribution is 2.45. The standard InChI is InChI=1S/C21H21ClN4O/c1-15(16-2-8-19(9-3-16)26-13-12-23-14-26)24-20(27)25-21(10-11-21)17-4-6-18(22)7-5-17/h2-9,12-15H,10-11H2,1H3,(H2,24,25,27). The van der Waals surface area contributed by atoms with Gasteiger partial charge < -0.3 is 15.2 Å². The average Bonchev–Trinajstić information content (AvgIpc) is 3.23. The monoisotopic (exact) mass is 380 g/mol. The topological polar surface area (TPSA) is 59.0 Å². The van der Waals surface area contributed by atoms with E-state index in [0.29, 0.717) is 5.02 Å². The summed E-state index contributed by atoms with van der Waals surface area (Å²) in [7, 11) is 0. The molecule has 1 heterocycles. The molecular weight excluding hydrogens is 360 g/mol. The molecule has 0 bridgehead atoms. The van der Waals surface area contributed by atoms with Crippen molar-refractivity contribution < 1.29 is 4.79 Å². The molecule has 1 fully saturated rings. The summed E-state index contributed by atoms with van der Waals surface area (Å²) in [4.78, 5) is 16.6. The SMILES string of the molecule is CC(NC(=O)NC1(c2ccc(Cl)cc2)CC1)c1ccc(-n2ccnc2)cc1. The zero-order valence-electron chi connectivity index (χ0n) is 15.0. The highest BCUT2D eigenvalue weighted by molar-refractivity contribution is 6.30. The number of benzene rings is 2. The predicted molar refractivity (Wildman–Crippen MR) is 106 cm³/mol. The van der Waals surface area contributed by atoms with E-state index in [1.54, 1.807) is 12.5 Å². The first-order valence-electron chi connectivity index (χ1n) is 8.99. The number of hydrogen-bond acceptors (Lipinski definition) is 2. The van der Waals surface area contributed by atoms with Crippen molar-refractivity contribution in [3.05, 3.63) is 83.4 Å². The molecule has 4 rings (SSSR count). The van der Waals surface area contributed by atoms with Gasteiger partial charge in [-0.15, -0.1) is 0 Å². The molecule has 1 unspecified atom stereocenters. The summed E-state index contributed by atoms with van der Waals surface area (Å²) in [5, 5.41) is 6.87. The third-order valence-corrected chi connectivity index (χ3v) is 5.29. The first-order chi connectivity index (χ1) is 13.1. The quantitative estimate of drug-likeness (QED) is 0.680. The minimum absolute atomic E-state index is 0.0946. The molecule has 1 aromatic heterocycles. The molecule has 2 amide bonds. The fourth-order valence-electron chi connectivity index (χ4n) is 3.26. The van der Waals surface area contributed by atoms with Crippen molar-refractivity contribution in [2.75, 3.05) is 0 Å². The molecule has 1 aliphatic rings. The zero-order valence-corrected chi connectivity index (χ0v) is 15.8. The van der Waals surface area contributed by atoms with Gasteiger partial charge in [-0.3, -0.25) is 0 Å². The molecule has 138 valence electrons. The van der Waals surface area contributed by atoms with Crippen molar-refractivity contribution in [1.29, 1.82) is 0 Å². The second-order valence-electron chi connectivity index (χ2n) is 6.97. The van der Waals surface area contributed by atoms with Gasteiger partial charge in [-0.05, 0) is 55.2 Å². The van der Waals surface area contributed by atoms with Crippen LogP contribution in [0.4, 0.5) is 4.79 Å². The smallest absolute Gasteiger partial charge is 0.315 e. The van der Waals surface area contributed by atoms with Crippen LogP contribution in [0.1, 0.15) is 36.9 Å². The van der Waals surface area contributed by atoms with Crippen molar-refractivity contribution in [3.63, 3.8) is 0 Å². The molecule has 1 saturated carbocycles. The molecule has 0 aliphatic heterocycles. The minimum Gasteiger partial charge on any atom is -0.332 e. The van der Waals surface area contributed by atoms with E-state index in [-0.39, 0.29) is 17.6 Å². The first-order valence-corrected chi connectivity index (χ1v) is 9.37. The number of hydrogen-bond donors (Lipinski definition) is 2. The van der Waals surface area contributed by atoms with Crippen LogP contribution in [0.2, 0.25) is 5.02 Å². The molecule has 5 nitrogen and oxygen atoms in total. The predicted octanol–water partition coefficient (Wildman–Crippen LogP) is 4.58. The molecule has 2 aromatic carbocycles. The maximum absolute atomic E-state index is 12.5. The van der Waals surface area contributed by atoms with Crippen LogP contribution in [0.15, 0.2) is 67.3 Å². The lowest BCUT2D eigenvalue weighted by molar-refractivity contribution is 0.232. The van der Waals surface area contributed by atoms with Gasteiger partial charge in [-0.2, -0.15) is 0 Å². The van der Waals surface area contributed by atoms with Gasteiger partial charge in [0.25, 0.3) is 0 Å². The van der Waals surface area contributed by atoms with Gasteiger partial charge in [0.2, 0.25) is 0 Å². The average molecular weight is 381 g/mol. The highest BCUT2D eigenvalue weighted by atomic mass is 35.5. The fourth-order valence-corrected chi connectivity index (χ4v) is 3.39. The number of nitrogens with one attached hydrogen (secondary N) is 2. The van der Waals surface area contributed by atoms with Gasteiger partial charge in [0.15, 0.2) is 0 Å². The van der Waals surface area contributed by atoms with Crippen LogP contribution >= 0.6 is 11.6 Å². The zero-order chi connectivity index (χ0) is 18.9. The van der Waals surface area contributed by atoms with Crippen LogP contribution in [-0.4, -0.2) is 15.6 Å². The van der Waals surface area contributed by atoms with E-state index in [2.05, 4.69) is 15.6 Å². The Morgan fingerprint density at radius 2 is 1.85 bits per heavy atom. The second-order valence-corrected chi connectivity index (χ2v) is 7.41. The number of urea groups is 1. The largest absolute Gasteiger partial charge is 0.332 e. The van der Waals surface area contributed by atoms with Crippen molar-refractivity contribution in [2.45, 2.75) is 31.3 Å². The first kappa shape index (κ1) is 17.6. The molecule has 1 atom stereocenters.